The molecule has 0 saturated carbocycles. The van der Waals surface area contributed by atoms with Gasteiger partial charge in [0.15, 0.2) is 5.76 Å². The summed E-state index contributed by atoms with van der Waals surface area (Å²) < 4.78 is 5.68. The molecule has 30 heavy (non-hydrogen) atoms. The number of carbonyl (C=O) groups excluding carboxylic acids is 1. The summed E-state index contributed by atoms with van der Waals surface area (Å²) in [5, 5.41) is 29.4. The number of amides is 1. The van der Waals surface area contributed by atoms with E-state index in [0.29, 0.717) is 21.3 Å². The summed E-state index contributed by atoms with van der Waals surface area (Å²) in [6.07, 6.45) is 0. The van der Waals surface area contributed by atoms with Gasteiger partial charge in [-0.05, 0) is 42.8 Å². The van der Waals surface area contributed by atoms with Gasteiger partial charge < -0.3 is 25.5 Å². The van der Waals surface area contributed by atoms with Gasteiger partial charge >= 0.3 is 0 Å². The van der Waals surface area contributed by atoms with E-state index in [1.54, 1.807) is 56.3 Å². The maximum Gasteiger partial charge on any atom is 0.231 e. The van der Waals surface area contributed by atoms with Crippen LogP contribution in [0.15, 0.2) is 59.4 Å². The van der Waals surface area contributed by atoms with Crippen molar-refractivity contribution in [2.24, 2.45) is 10.6 Å². The molecule has 0 aliphatic carbocycles. The predicted octanol–water partition coefficient (Wildman–Crippen LogP) is 4.84. The Bertz CT molecular complexity index is 971. The molecule has 2 aromatic rings. The molecular formula is C21H20Cl2N3O4-. The molecule has 2 N–H and O–H groups in total. The van der Waals surface area contributed by atoms with Crippen molar-refractivity contribution in [2.45, 2.75) is 25.9 Å². The molecule has 158 valence electrons. The Morgan fingerprint density at radius 3 is 2.50 bits per heavy atom. The van der Waals surface area contributed by atoms with Crippen molar-refractivity contribution in [1.29, 1.82) is 0 Å². The fourth-order valence-corrected chi connectivity index (χ4v) is 3.81. The van der Waals surface area contributed by atoms with Crippen LogP contribution in [0.3, 0.4) is 0 Å². The number of benzene rings is 2. The molecule has 1 aliphatic rings. The molecular weight excluding hydrogens is 429 g/mol. The zero-order valence-electron chi connectivity index (χ0n) is 16.3. The molecule has 1 saturated heterocycles. The van der Waals surface area contributed by atoms with Crippen LogP contribution >= 0.6 is 23.2 Å². The van der Waals surface area contributed by atoms with Gasteiger partial charge in [0.2, 0.25) is 5.91 Å². The lowest BCUT2D eigenvalue weighted by molar-refractivity contribution is -0.131. The van der Waals surface area contributed by atoms with Crippen molar-refractivity contribution in [2.75, 3.05) is 11.9 Å². The van der Waals surface area contributed by atoms with Crippen LogP contribution in [0.5, 0.6) is 0 Å². The Balaban J connectivity index is 1.89. The number of hydrogen-bond acceptors (Lipinski definition) is 6. The van der Waals surface area contributed by atoms with E-state index >= 15 is 0 Å². The van der Waals surface area contributed by atoms with Crippen molar-refractivity contribution >= 4 is 40.7 Å². The Morgan fingerprint density at radius 2 is 1.90 bits per heavy atom. The molecule has 0 radical (unpaired) electrons. The maximum atomic E-state index is 13.4. The van der Waals surface area contributed by atoms with E-state index in [9.17, 15) is 10.0 Å². The standard InChI is InChI=1S/C21H20Cl2N3O4/c1-21(2,20(27)25-16-9-14(22)8-15(23)10-16)18-12-30-17(11-24-28)19(26(18)29)13-6-4-3-5-7-13/h3-10,18-19,28H,12H2,1-2H3,(H,25,27)/q-1. The molecule has 2 aromatic carbocycles. The third kappa shape index (κ3) is 4.61. The van der Waals surface area contributed by atoms with Gasteiger partial charge in [0.1, 0.15) is 6.61 Å². The summed E-state index contributed by atoms with van der Waals surface area (Å²) in [7, 11) is 0. The number of ether oxygens (including phenoxy) is 1. The molecule has 1 heterocycles. The highest BCUT2D eigenvalue weighted by atomic mass is 35.5. The SMILES string of the molecule is CC(C)(C(=O)Nc1cc(Cl)cc(Cl)c1)C1COC(=C=NO)C(c2ccccc2)N1[O-]. The molecule has 0 spiro atoms. The normalized spacial score (nSPS) is 19.6. The Labute approximate surface area is 184 Å². The first-order chi connectivity index (χ1) is 14.2. The van der Waals surface area contributed by atoms with Crippen molar-refractivity contribution in [1.82, 2.24) is 5.06 Å². The summed E-state index contributed by atoms with van der Waals surface area (Å²) in [6, 6.07) is 11.8. The first kappa shape index (κ1) is 22.2. The third-order valence-electron chi connectivity index (χ3n) is 5.02. The fraction of sp³-hybridized carbons (Fsp3) is 0.286. The van der Waals surface area contributed by atoms with Crippen LogP contribution in [-0.2, 0) is 9.53 Å². The average molecular weight is 449 g/mol. The number of nitrogens with zero attached hydrogens (tertiary/aromatic N) is 2. The fourth-order valence-electron chi connectivity index (χ4n) is 3.29. The number of anilines is 1. The molecule has 3 rings (SSSR count). The second kappa shape index (κ2) is 9.08. The minimum Gasteiger partial charge on any atom is -0.784 e. The average Bonchev–Trinajstić information content (AvgIpc) is 2.68. The smallest absolute Gasteiger partial charge is 0.231 e. The Kier molecular flexibility index (Phi) is 6.71. The van der Waals surface area contributed by atoms with Gasteiger partial charge in [-0.2, -0.15) is 0 Å². The molecule has 1 aliphatic heterocycles. The van der Waals surface area contributed by atoms with Gasteiger partial charge in [-0.25, -0.2) is 0 Å². The largest absolute Gasteiger partial charge is 0.784 e. The molecule has 1 fully saturated rings. The van der Waals surface area contributed by atoms with Crippen molar-refractivity contribution in [3.8, 4) is 0 Å². The van der Waals surface area contributed by atoms with E-state index in [1.807, 2.05) is 6.07 Å². The van der Waals surface area contributed by atoms with Gasteiger partial charge in [0.05, 0.1) is 17.3 Å². The quantitative estimate of drug-likeness (QED) is 0.396. The monoisotopic (exact) mass is 448 g/mol. The second-order valence-corrected chi connectivity index (χ2v) is 8.28. The minimum atomic E-state index is -1.15. The molecule has 2 unspecified atom stereocenters. The summed E-state index contributed by atoms with van der Waals surface area (Å²) in [6.45, 7) is 3.23. The molecule has 9 heteroatoms. The number of morpholine rings is 1. The van der Waals surface area contributed by atoms with E-state index < -0.39 is 23.4 Å². The highest BCUT2D eigenvalue weighted by Crippen LogP contribution is 2.39. The number of hydrogen-bond donors (Lipinski definition) is 2. The summed E-state index contributed by atoms with van der Waals surface area (Å²) in [4.78, 5) is 13.1. The summed E-state index contributed by atoms with van der Waals surface area (Å²) >= 11 is 12.0. The van der Waals surface area contributed by atoms with E-state index in [1.165, 1.54) is 0 Å². The summed E-state index contributed by atoms with van der Waals surface area (Å²) in [5.41, 5.74) is -0.0978. The highest BCUT2D eigenvalue weighted by molar-refractivity contribution is 6.35. The van der Waals surface area contributed by atoms with Gasteiger partial charge in [-0.15, -0.1) is 0 Å². The maximum absolute atomic E-state index is 13.4. The lowest BCUT2D eigenvalue weighted by Gasteiger charge is -2.52. The van der Waals surface area contributed by atoms with Crippen LogP contribution in [0.1, 0.15) is 25.5 Å². The van der Waals surface area contributed by atoms with Crippen molar-refractivity contribution in [3.05, 3.63) is 75.1 Å². The van der Waals surface area contributed by atoms with Gasteiger partial charge in [-0.3, -0.25) is 4.79 Å². The number of carbonyl (C=O) groups is 1. The Hall–Kier alpha value is -2.54. The van der Waals surface area contributed by atoms with Crippen LogP contribution in [-0.4, -0.2) is 34.7 Å². The van der Waals surface area contributed by atoms with Crippen LogP contribution in [0.4, 0.5) is 5.69 Å². The van der Waals surface area contributed by atoms with Crippen LogP contribution < -0.4 is 5.32 Å². The number of rotatable bonds is 4. The lowest BCUT2D eigenvalue weighted by atomic mass is 9.81. The molecule has 7 nitrogen and oxygen atoms in total. The van der Waals surface area contributed by atoms with Gasteiger partial charge in [0, 0.05) is 21.8 Å². The van der Waals surface area contributed by atoms with E-state index in [-0.39, 0.29) is 12.4 Å². The zero-order valence-corrected chi connectivity index (χ0v) is 17.8. The third-order valence-corrected chi connectivity index (χ3v) is 5.46. The van der Waals surface area contributed by atoms with E-state index in [4.69, 9.17) is 33.1 Å². The molecule has 2 atom stereocenters. The first-order valence-electron chi connectivity index (χ1n) is 9.11. The van der Waals surface area contributed by atoms with Crippen LogP contribution in [0.25, 0.3) is 0 Å². The number of nitrogens with one attached hydrogen (secondary N) is 1. The predicted molar refractivity (Wildman–Crippen MR) is 116 cm³/mol. The minimum absolute atomic E-state index is 0.0766. The van der Waals surface area contributed by atoms with E-state index in [2.05, 4.69) is 16.3 Å². The van der Waals surface area contributed by atoms with Crippen molar-refractivity contribution in [3.63, 3.8) is 0 Å². The van der Waals surface area contributed by atoms with Crippen LogP contribution in [0.2, 0.25) is 10.0 Å². The topological polar surface area (TPSA) is 97.2 Å². The first-order valence-corrected chi connectivity index (χ1v) is 9.87. The highest BCUT2D eigenvalue weighted by Gasteiger charge is 2.44. The Morgan fingerprint density at radius 1 is 1.27 bits per heavy atom. The number of halogens is 2. The van der Waals surface area contributed by atoms with Crippen molar-refractivity contribution < 1.29 is 14.7 Å². The second-order valence-electron chi connectivity index (χ2n) is 7.41. The lowest BCUT2D eigenvalue weighted by Crippen LogP contribution is -2.55. The van der Waals surface area contributed by atoms with Crippen LogP contribution in [0, 0.1) is 10.6 Å². The van der Waals surface area contributed by atoms with E-state index in [0.717, 1.165) is 5.06 Å². The van der Waals surface area contributed by atoms with Gasteiger partial charge in [0.25, 0.3) is 0 Å². The zero-order chi connectivity index (χ0) is 21.9. The number of hydroxylamine groups is 2. The molecule has 0 bridgehead atoms. The van der Waals surface area contributed by atoms with Gasteiger partial charge in [-0.1, -0.05) is 53.5 Å². The molecule has 1 amide bonds. The summed E-state index contributed by atoms with van der Waals surface area (Å²) in [5.74, 6) is 2.00. The molecule has 0 aromatic heterocycles.